The molecule has 1 N–H and O–H groups in total. The van der Waals surface area contributed by atoms with E-state index in [0.29, 0.717) is 18.0 Å². The maximum atomic E-state index is 11.7. The van der Waals surface area contributed by atoms with Gasteiger partial charge in [0.15, 0.2) is 0 Å². The lowest BCUT2D eigenvalue weighted by molar-refractivity contribution is -0.116. The normalized spacial score (nSPS) is 18.6. The Bertz CT molecular complexity index is 386. The number of methoxy groups -OCH3 is 1. The Morgan fingerprint density at radius 2 is 2.50 bits per heavy atom. The van der Waals surface area contributed by atoms with E-state index in [4.69, 9.17) is 9.47 Å². The van der Waals surface area contributed by atoms with Crippen LogP contribution in [0.3, 0.4) is 0 Å². The second kappa shape index (κ2) is 6.35. The van der Waals surface area contributed by atoms with E-state index in [0.717, 1.165) is 25.9 Å². The van der Waals surface area contributed by atoms with Crippen LogP contribution in [-0.2, 0) is 9.53 Å². The second-order valence-corrected chi connectivity index (χ2v) is 4.31. The maximum Gasteiger partial charge on any atom is 0.224 e. The van der Waals surface area contributed by atoms with Crippen molar-refractivity contribution in [2.45, 2.75) is 31.8 Å². The van der Waals surface area contributed by atoms with Gasteiger partial charge in [-0.2, -0.15) is 0 Å². The number of carbonyl (C=O) groups is 1. The summed E-state index contributed by atoms with van der Waals surface area (Å²) < 4.78 is 10.4. The first-order valence-corrected chi connectivity index (χ1v) is 6.19. The minimum atomic E-state index is -0.00235. The van der Waals surface area contributed by atoms with Gasteiger partial charge >= 0.3 is 0 Å². The Labute approximate surface area is 107 Å². The van der Waals surface area contributed by atoms with Gasteiger partial charge in [0.2, 0.25) is 11.8 Å². The van der Waals surface area contributed by atoms with Crippen molar-refractivity contribution in [3.8, 4) is 5.88 Å². The zero-order valence-corrected chi connectivity index (χ0v) is 10.5. The fraction of sp³-hybridized carbons (Fsp3) is 0.538. The summed E-state index contributed by atoms with van der Waals surface area (Å²) in [5, 5.41) is 2.80. The van der Waals surface area contributed by atoms with E-state index in [1.165, 1.54) is 0 Å². The monoisotopic (exact) mass is 250 g/mol. The van der Waals surface area contributed by atoms with Crippen molar-refractivity contribution in [2.75, 3.05) is 19.0 Å². The molecule has 1 fully saturated rings. The summed E-state index contributed by atoms with van der Waals surface area (Å²) in [5.41, 5.74) is 0.688. The van der Waals surface area contributed by atoms with Crippen LogP contribution in [-0.4, -0.2) is 30.7 Å². The molecule has 2 heterocycles. The van der Waals surface area contributed by atoms with Crippen LogP contribution in [0.25, 0.3) is 0 Å². The summed E-state index contributed by atoms with van der Waals surface area (Å²) >= 11 is 0. The zero-order valence-electron chi connectivity index (χ0n) is 10.5. The third-order valence-corrected chi connectivity index (χ3v) is 2.95. The van der Waals surface area contributed by atoms with E-state index in [9.17, 15) is 4.79 Å². The lowest BCUT2D eigenvalue weighted by atomic mass is 10.1. The summed E-state index contributed by atoms with van der Waals surface area (Å²) in [6, 6.07) is 3.49. The van der Waals surface area contributed by atoms with Crippen LogP contribution in [0.1, 0.15) is 25.7 Å². The van der Waals surface area contributed by atoms with Crippen molar-refractivity contribution in [3.63, 3.8) is 0 Å². The number of amides is 1. The van der Waals surface area contributed by atoms with E-state index < -0.39 is 0 Å². The maximum absolute atomic E-state index is 11.7. The van der Waals surface area contributed by atoms with E-state index >= 15 is 0 Å². The molecule has 0 spiro atoms. The number of anilines is 1. The molecule has 2 rings (SSSR count). The molecule has 1 atom stereocenters. The van der Waals surface area contributed by atoms with Crippen molar-refractivity contribution in [1.82, 2.24) is 4.98 Å². The fourth-order valence-electron chi connectivity index (χ4n) is 1.96. The largest absolute Gasteiger partial charge is 0.481 e. The van der Waals surface area contributed by atoms with Crippen molar-refractivity contribution in [1.29, 1.82) is 0 Å². The molecule has 1 aliphatic heterocycles. The van der Waals surface area contributed by atoms with Gasteiger partial charge in [-0.25, -0.2) is 4.98 Å². The minimum absolute atomic E-state index is 0.00235. The number of nitrogens with one attached hydrogen (secondary N) is 1. The predicted octanol–water partition coefficient (Wildman–Crippen LogP) is 1.99. The first-order valence-electron chi connectivity index (χ1n) is 6.19. The molecule has 5 heteroatoms. The second-order valence-electron chi connectivity index (χ2n) is 4.31. The first-order chi connectivity index (χ1) is 8.78. The molecule has 1 amide bonds. The Morgan fingerprint density at radius 1 is 1.61 bits per heavy atom. The third kappa shape index (κ3) is 3.70. The van der Waals surface area contributed by atoms with Crippen LogP contribution in [0.4, 0.5) is 5.69 Å². The molecular formula is C13H18N2O3. The topological polar surface area (TPSA) is 60.5 Å². The summed E-state index contributed by atoms with van der Waals surface area (Å²) in [4.78, 5) is 15.7. The first kappa shape index (κ1) is 12.8. The standard InChI is InChI=1S/C13H18N2O3/c1-17-13-7-4-10(9-14-13)15-12(16)6-5-11-3-2-8-18-11/h4,7,9,11H,2-3,5-6,8H2,1H3,(H,15,16)/t11-/m0/s1. The van der Waals surface area contributed by atoms with Gasteiger partial charge in [0, 0.05) is 19.1 Å². The summed E-state index contributed by atoms with van der Waals surface area (Å²) in [6.45, 7) is 0.828. The highest BCUT2D eigenvalue weighted by atomic mass is 16.5. The Morgan fingerprint density at radius 3 is 3.11 bits per heavy atom. The molecule has 0 saturated carbocycles. The number of nitrogens with zero attached hydrogens (tertiary/aromatic N) is 1. The third-order valence-electron chi connectivity index (χ3n) is 2.95. The van der Waals surface area contributed by atoms with Crippen molar-refractivity contribution in [2.24, 2.45) is 0 Å². The fourth-order valence-corrected chi connectivity index (χ4v) is 1.96. The van der Waals surface area contributed by atoms with Gasteiger partial charge < -0.3 is 14.8 Å². The Hall–Kier alpha value is -1.62. The summed E-state index contributed by atoms with van der Waals surface area (Å²) in [5.74, 6) is 0.532. The average molecular weight is 250 g/mol. The number of carbonyl (C=O) groups excluding carboxylic acids is 1. The van der Waals surface area contributed by atoms with Crippen LogP contribution in [0.2, 0.25) is 0 Å². The molecule has 1 saturated heterocycles. The Balaban J connectivity index is 1.75. The van der Waals surface area contributed by atoms with E-state index in [2.05, 4.69) is 10.3 Å². The van der Waals surface area contributed by atoms with Gasteiger partial charge in [-0.1, -0.05) is 0 Å². The quantitative estimate of drug-likeness (QED) is 0.868. The SMILES string of the molecule is COc1ccc(NC(=O)CC[C@@H]2CCCO2)cn1. The molecule has 0 bridgehead atoms. The van der Waals surface area contributed by atoms with E-state index in [1.807, 2.05) is 0 Å². The smallest absolute Gasteiger partial charge is 0.224 e. The molecule has 0 aromatic carbocycles. The van der Waals surface area contributed by atoms with Crippen LogP contribution < -0.4 is 10.1 Å². The molecule has 0 unspecified atom stereocenters. The highest BCUT2D eigenvalue weighted by molar-refractivity contribution is 5.90. The number of rotatable bonds is 5. The molecule has 1 aliphatic rings. The van der Waals surface area contributed by atoms with Gasteiger partial charge in [0.1, 0.15) is 0 Å². The molecular weight excluding hydrogens is 232 g/mol. The van der Waals surface area contributed by atoms with Gasteiger partial charge in [0.05, 0.1) is 25.1 Å². The van der Waals surface area contributed by atoms with Crippen molar-refractivity contribution in [3.05, 3.63) is 18.3 Å². The summed E-state index contributed by atoms with van der Waals surface area (Å²) in [7, 11) is 1.56. The molecule has 0 radical (unpaired) electrons. The van der Waals surface area contributed by atoms with Crippen LogP contribution in [0, 0.1) is 0 Å². The van der Waals surface area contributed by atoms with Gasteiger partial charge in [-0.3, -0.25) is 4.79 Å². The number of aromatic nitrogens is 1. The number of pyridine rings is 1. The van der Waals surface area contributed by atoms with Crippen molar-refractivity contribution >= 4 is 11.6 Å². The van der Waals surface area contributed by atoms with Gasteiger partial charge in [-0.05, 0) is 25.3 Å². The average Bonchev–Trinajstić information content (AvgIpc) is 2.90. The molecule has 1 aromatic rings. The number of ether oxygens (including phenoxy) is 2. The predicted molar refractivity (Wildman–Crippen MR) is 67.6 cm³/mol. The summed E-state index contributed by atoms with van der Waals surface area (Å²) in [6.07, 6.45) is 5.28. The number of hydrogen-bond donors (Lipinski definition) is 1. The van der Waals surface area contributed by atoms with Crippen LogP contribution in [0.15, 0.2) is 18.3 Å². The lowest BCUT2D eigenvalue weighted by Crippen LogP contribution is -2.15. The molecule has 18 heavy (non-hydrogen) atoms. The molecule has 0 aliphatic carbocycles. The molecule has 98 valence electrons. The Kier molecular flexibility index (Phi) is 4.52. The van der Waals surface area contributed by atoms with E-state index in [1.54, 1.807) is 25.4 Å². The van der Waals surface area contributed by atoms with Gasteiger partial charge in [-0.15, -0.1) is 0 Å². The number of hydrogen-bond acceptors (Lipinski definition) is 4. The lowest BCUT2D eigenvalue weighted by Gasteiger charge is -2.09. The van der Waals surface area contributed by atoms with Crippen molar-refractivity contribution < 1.29 is 14.3 Å². The molecule has 1 aromatic heterocycles. The zero-order chi connectivity index (χ0) is 12.8. The minimum Gasteiger partial charge on any atom is -0.481 e. The highest BCUT2D eigenvalue weighted by Gasteiger charge is 2.16. The van der Waals surface area contributed by atoms with Crippen LogP contribution >= 0.6 is 0 Å². The molecule has 5 nitrogen and oxygen atoms in total. The highest BCUT2D eigenvalue weighted by Crippen LogP contribution is 2.17. The van der Waals surface area contributed by atoms with E-state index in [-0.39, 0.29) is 12.0 Å². The van der Waals surface area contributed by atoms with Crippen LogP contribution in [0.5, 0.6) is 5.88 Å². The van der Waals surface area contributed by atoms with Gasteiger partial charge in [0.25, 0.3) is 0 Å².